The van der Waals surface area contributed by atoms with Gasteiger partial charge in [0.05, 0.1) is 0 Å². The van der Waals surface area contributed by atoms with Crippen molar-refractivity contribution >= 4 is 22.7 Å². The summed E-state index contributed by atoms with van der Waals surface area (Å²) in [5.74, 6) is -3.61. The van der Waals surface area contributed by atoms with E-state index in [-0.39, 0.29) is 5.89 Å². The minimum atomic E-state index is -1.47. The molecule has 1 heterocycles. The van der Waals surface area contributed by atoms with Gasteiger partial charge in [-0.25, -0.2) is 14.6 Å². The highest BCUT2D eigenvalue weighted by molar-refractivity contribution is 5.98. The number of rotatable bonds is 3. The van der Waals surface area contributed by atoms with E-state index in [0.717, 1.165) is 10.8 Å². The van der Waals surface area contributed by atoms with Crippen LogP contribution in [0.15, 0.2) is 46.9 Å². The normalized spacial score (nSPS) is 10.7. The van der Waals surface area contributed by atoms with Crippen LogP contribution in [0.1, 0.15) is 21.0 Å². The third kappa shape index (κ3) is 2.23. The molecule has 0 saturated carbocycles. The number of hydrogen-bond acceptors (Lipinski definition) is 4. The van der Waals surface area contributed by atoms with Gasteiger partial charge in [0.25, 0.3) is 0 Å². The molecule has 0 aliphatic rings. The molecule has 0 saturated heterocycles. The summed E-state index contributed by atoms with van der Waals surface area (Å²) in [5, 5.41) is 19.8. The van der Waals surface area contributed by atoms with Crippen LogP contribution in [-0.4, -0.2) is 27.1 Å². The zero-order valence-corrected chi connectivity index (χ0v) is 10.6. The summed E-state index contributed by atoms with van der Waals surface area (Å²) >= 11 is 0. The largest absolute Gasteiger partial charge is 0.476 e. The van der Waals surface area contributed by atoms with Crippen LogP contribution in [-0.2, 0) is 0 Å². The number of carboxylic acids is 2. The molecule has 6 heteroatoms. The van der Waals surface area contributed by atoms with Gasteiger partial charge >= 0.3 is 11.9 Å². The Morgan fingerprint density at radius 1 is 0.952 bits per heavy atom. The van der Waals surface area contributed by atoms with E-state index < -0.39 is 23.4 Å². The van der Waals surface area contributed by atoms with Gasteiger partial charge in [0.2, 0.25) is 17.3 Å². The highest BCUT2D eigenvalue weighted by Gasteiger charge is 2.25. The van der Waals surface area contributed by atoms with E-state index in [1.165, 1.54) is 0 Å². The Morgan fingerprint density at radius 2 is 1.67 bits per heavy atom. The summed E-state index contributed by atoms with van der Waals surface area (Å²) in [5.41, 5.74) is -0.0886. The fraction of sp³-hybridized carbons (Fsp3) is 0. The van der Waals surface area contributed by atoms with Crippen molar-refractivity contribution in [3.63, 3.8) is 0 Å². The number of nitrogens with zero attached hydrogens (tertiary/aromatic N) is 1. The van der Waals surface area contributed by atoms with Crippen molar-refractivity contribution in [2.75, 3.05) is 0 Å². The van der Waals surface area contributed by atoms with Crippen LogP contribution < -0.4 is 0 Å². The lowest BCUT2D eigenvalue weighted by molar-refractivity contribution is 0.0624. The Morgan fingerprint density at radius 3 is 2.29 bits per heavy atom. The molecule has 0 amide bonds. The third-order valence-corrected chi connectivity index (χ3v) is 3.02. The summed E-state index contributed by atoms with van der Waals surface area (Å²) in [6.07, 6.45) is 0. The molecule has 1 aromatic heterocycles. The van der Waals surface area contributed by atoms with E-state index in [2.05, 4.69) is 4.98 Å². The second-order valence-corrected chi connectivity index (χ2v) is 4.37. The third-order valence-electron chi connectivity index (χ3n) is 3.02. The standard InChI is InChI=1S/C15H9NO5/c17-14(18)11-12(15(19)20)21-13(16-11)10-6-5-8-3-1-2-4-9(8)7-10/h1-7H,(H,17,18)(H,19,20). The van der Waals surface area contributed by atoms with Crippen LogP contribution in [0.3, 0.4) is 0 Å². The Bertz CT molecular complexity index is 834. The van der Waals surface area contributed by atoms with E-state index >= 15 is 0 Å². The maximum Gasteiger partial charge on any atom is 0.374 e. The summed E-state index contributed by atoms with van der Waals surface area (Å²) in [7, 11) is 0. The molecule has 2 aromatic carbocycles. The van der Waals surface area contributed by atoms with Crippen molar-refractivity contribution in [1.82, 2.24) is 4.98 Å². The first kappa shape index (κ1) is 12.9. The molecular weight excluding hydrogens is 274 g/mol. The molecule has 0 aliphatic heterocycles. The molecular formula is C15H9NO5. The molecule has 0 aliphatic carbocycles. The van der Waals surface area contributed by atoms with Gasteiger partial charge in [-0.2, -0.15) is 0 Å². The molecule has 6 nitrogen and oxygen atoms in total. The Labute approximate surface area is 118 Å². The molecule has 21 heavy (non-hydrogen) atoms. The van der Waals surface area contributed by atoms with Gasteiger partial charge in [0, 0.05) is 5.56 Å². The highest BCUT2D eigenvalue weighted by Crippen LogP contribution is 2.26. The van der Waals surface area contributed by atoms with E-state index in [9.17, 15) is 9.59 Å². The zero-order chi connectivity index (χ0) is 15.0. The number of carbonyl (C=O) groups is 2. The average molecular weight is 283 g/mol. The predicted octanol–water partition coefficient (Wildman–Crippen LogP) is 2.89. The quantitative estimate of drug-likeness (QED) is 0.766. The van der Waals surface area contributed by atoms with Gasteiger partial charge in [-0.1, -0.05) is 30.3 Å². The van der Waals surface area contributed by atoms with Crippen molar-refractivity contribution in [3.8, 4) is 11.5 Å². The zero-order valence-electron chi connectivity index (χ0n) is 10.6. The van der Waals surface area contributed by atoms with Crippen molar-refractivity contribution in [3.05, 3.63) is 53.9 Å². The number of aromatic carboxylic acids is 2. The van der Waals surface area contributed by atoms with Gasteiger partial charge in [-0.05, 0) is 22.9 Å². The topological polar surface area (TPSA) is 101 Å². The van der Waals surface area contributed by atoms with Gasteiger partial charge in [0.15, 0.2) is 0 Å². The molecule has 0 radical (unpaired) electrons. The number of fused-ring (bicyclic) bond motifs is 1. The molecule has 3 aromatic rings. The van der Waals surface area contributed by atoms with Crippen LogP contribution in [0.2, 0.25) is 0 Å². The number of hydrogen-bond donors (Lipinski definition) is 2. The second kappa shape index (κ2) is 4.75. The number of benzene rings is 2. The molecule has 0 spiro atoms. The maximum absolute atomic E-state index is 11.0. The van der Waals surface area contributed by atoms with Crippen molar-refractivity contribution in [2.45, 2.75) is 0 Å². The first-order chi connectivity index (χ1) is 10.1. The van der Waals surface area contributed by atoms with E-state index in [1.807, 2.05) is 30.3 Å². The molecule has 3 rings (SSSR count). The number of oxazole rings is 1. The van der Waals surface area contributed by atoms with E-state index in [4.69, 9.17) is 14.6 Å². The van der Waals surface area contributed by atoms with Gasteiger partial charge in [-0.15, -0.1) is 0 Å². The summed E-state index contributed by atoms with van der Waals surface area (Å²) < 4.78 is 5.08. The van der Waals surface area contributed by atoms with Crippen LogP contribution in [0, 0.1) is 0 Å². The number of carboxylic acid groups (broad SMARTS) is 2. The minimum Gasteiger partial charge on any atom is -0.476 e. The number of aromatic nitrogens is 1. The molecule has 0 unspecified atom stereocenters. The lowest BCUT2D eigenvalue weighted by Gasteiger charge is -1.99. The highest BCUT2D eigenvalue weighted by atomic mass is 16.4. The van der Waals surface area contributed by atoms with Crippen LogP contribution in [0.5, 0.6) is 0 Å². The van der Waals surface area contributed by atoms with E-state index in [1.54, 1.807) is 12.1 Å². The Kier molecular flexibility index (Phi) is 2.91. The van der Waals surface area contributed by atoms with Crippen LogP contribution >= 0.6 is 0 Å². The molecule has 2 N–H and O–H groups in total. The summed E-state index contributed by atoms with van der Waals surface area (Å²) in [4.78, 5) is 25.7. The molecule has 104 valence electrons. The predicted molar refractivity (Wildman–Crippen MR) is 73.4 cm³/mol. The van der Waals surface area contributed by atoms with Gasteiger partial charge < -0.3 is 14.6 Å². The molecule has 0 atom stereocenters. The summed E-state index contributed by atoms with van der Waals surface area (Å²) in [6, 6.07) is 12.9. The fourth-order valence-electron chi connectivity index (χ4n) is 2.06. The smallest absolute Gasteiger partial charge is 0.374 e. The lowest BCUT2D eigenvalue weighted by Crippen LogP contribution is -2.05. The fourth-order valence-corrected chi connectivity index (χ4v) is 2.06. The van der Waals surface area contributed by atoms with Crippen molar-refractivity contribution in [2.24, 2.45) is 0 Å². The van der Waals surface area contributed by atoms with Crippen molar-refractivity contribution in [1.29, 1.82) is 0 Å². The minimum absolute atomic E-state index is 0.0319. The lowest BCUT2D eigenvalue weighted by atomic mass is 10.1. The first-order valence-electron chi connectivity index (χ1n) is 6.03. The Balaban J connectivity index is 2.16. The second-order valence-electron chi connectivity index (χ2n) is 4.37. The average Bonchev–Trinajstić information content (AvgIpc) is 2.92. The first-order valence-corrected chi connectivity index (χ1v) is 6.03. The molecule has 0 bridgehead atoms. The molecule has 0 fully saturated rings. The van der Waals surface area contributed by atoms with E-state index in [0.29, 0.717) is 5.56 Å². The van der Waals surface area contributed by atoms with Crippen LogP contribution in [0.4, 0.5) is 0 Å². The Hall–Kier alpha value is -3.15. The van der Waals surface area contributed by atoms with Gasteiger partial charge in [0.1, 0.15) is 0 Å². The summed E-state index contributed by atoms with van der Waals surface area (Å²) in [6.45, 7) is 0. The monoisotopic (exact) mass is 283 g/mol. The SMILES string of the molecule is O=C(O)c1nc(-c2ccc3ccccc3c2)oc1C(=O)O. The van der Waals surface area contributed by atoms with Gasteiger partial charge in [-0.3, -0.25) is 0 Å². The van der Waals surface area contributed by atoms with Crippen molar-refractivity contribution < 1.29 is 24.2 Å². The van der Waals surface area contributed by atoms with Crippen LogP contribution in [0.25, 0.3) is 22.2 Å². The maximum atomic E-state index is 11.0.